The lowest BCUT2D eigenvalue weighted by atomic mass is 9.93. The van der Waals surface area contributed by atoms with Crippen molar-refractivity contribution in [1.29, 1.82) is 0 Å². The topological polar surface area (TPSA) is 222 Å². The Balaban J connectivity index is 1.58. The maximum absolute atomic E-state index is 12.9. The molecule has 0 aliphatic rings. The van der Waals surface area contributed by atoms with E-state index in [0.29, 0.717) is 36.5 Å². The third-order valence-corrected chi connectivity index (χ3v) is 9.04. The lowest BCUT2D eigenvalue weighted by Crippen LogP contribution is -2.34. The number of nitrogens with two attached hydrogens (primary N) is 3. The van der Waals surface area contributed by atoms with Gasteiger partial charge in [0.1, 0.15) is 17.5 Å². The number of nitrogens with one attached hydrogen (secondary N) is 5. The standard InChI is InChI=1S/C22H22Br4N10O3/c23-8-4-11(32-17(8)25)19(37)30-3-1-2-10-16(36-22(29)34-10)15(13-7-31-21(28)35-13)14(6-27)39-20(38)12-5-9(24)18(26)33-12/h1-2,4-5,7,14-15,32-33H,3,6,27H2,(H,30,37)(H3,28,31,35)(H3,29,34,36)/b2-1+/t14-,15-/m1/s1. The summed E-state index contributed by atoms with van der Waals surface area (Å²) in [5.41, 5.74) is 20.0. The van der Waals surface area contributed by atoms with E-state index in [-0.39, 0.29) is 36.6 Å². The number of H-pyrrole nitrogens is 4. The Kier molecular flexibility index (Phi) is 9.37. The number of aromatic amines is 4. The van der Waals surface area contributed by atoms with Gasteiger partial charge in [-0.15, -0.1) is 0 Å². The molecule has 206 valence electrons. The molecular formula is C22H22Br4N10O3. The van der Waals surface area contributed by atoms with Gasteiger partial charge >= 0.3 is 5.97 Å². The Labute approximate surface area is 255 Å². The predicted octanol–water partition coefficient (Wildman–Crippen LogP) is 3.76. The zero-order valence-corrected chi connectivity index (χ0v) is 26.2. The predicted molar refractivity (Wildman–Crippen MR) is 160 cm³/mol. The summed E-state index contributed by atoms with van der Waals surface area (Å²) in [5.74, 6) is -1.30. The number of rotatable bonds is 10. The highest BCUT2D eigenvalue weighted by molar-refractivity contribution is 9.13. The fraction of sp³-hybridized carbons (Fsp3) is 0.182. The summed E-state index contributed by atoms with van der Waals surface area (Å²) in [6.07, 6.45) is 4.05. The van der Waals surface area contributed by atoms with Crippen LogP contribution < -0.4 is 22.5 Å². The molecule has 17 heteroatoms. The smallest absolute Gasteiger partial charge is 0.355 e. The molecule has 0 aromatic carbocycles. The third-order valence-electron chi connectivity index (χ3n) is 5.47. The number of halogens is 4. The third kappa shape index (κ3) is 6.84. The first kappa shape index (κ1) is 29.1. The average Bonchev–Trinajstić information content (AvgIpc) is 3.65. The van der Waals surface area contributed by atoms with Crippen LogP contribution in [-0.2, 0) is 4.74 Å². The van der Waals surface area contributed by atoms with Crippen molar-refractivity contribution < 1.29 is 14.3 Å². The Hall–Kier alpha value is -2.86. The minimum Gasteiger partial charge on any atom is -0.455 e. The second-order valence-electron chi connectivity index (χ2n) is 8.10. The number of carbonyl (C=O) groups is 2. The molecule has 4 rings (SSSR count). The zero-order chi connectivity index (χ0) is 28.3. The summed E-state index contributed by atoms with van der Waals surface area (Å²) in [7, 11) is 0. The van der Waals surface area contributed by atoms with Crippen LogP contribution in [-0.4, -0.2) is 61.0 Å². The number of imidazole rings is 2. The summed E-state index contributed by atoms with van der Waals surface area (Å²) in [4.78, 5) is 45.6. The number of esters is 1. The summed E-state index contributed by atoms with van der Waals surface area (Å²) < 4.78 is 8.46. The number of aromatic nitrogens is 6. The SMILES string of the molecule is NC[C@@H](OC(=O)c1cc(Br)c(Br)[nH]1)[C@@H](c1cnc(N)[nH]1)c1[nH]c(N)nc1/C=C/CNC(=O)c1cc(Br)c(Br)[nH]1. The fourth-order valence-electron chi connectivity index (χ4n) is 3.75. The molecule has 1 amide bonds. The van der Waals surface area contributed by atoms with Gasteiger partial charge in [-0.1, -0.05) is 6.08 Å². The van der Waals surface area contributed by atoms with Crippen LogP contribution in [0, 0.1) is 0 Å². The van der Waals surface area contributed by atoms with Crippen molar-refractivity contribution in [1.82, 2.24) is 35.2 Å². The second-order valence-corrected chi connectivity index (χ2v) is 11.4. The molecule has 2 atom stereocenters. The molecule has 0 bridgehead atoms. The number of nitrogens with zero attached hydrogens (tertiary/aromatic N) is 2. The highest BCUT2D eigenvalue weighted by atomic mass is 79.9. The van der Waals surface area contributed by atoms with E-state index in [9.17, 15) is 9.59 Å². The molecule has 0 saturated heterocycles. The molecule has 0 saturated carbocycles. The first-order valence-corrected chi connectivity index (χ1v) is 14.3. The number of nitrogen functional groups attached to an aromatic ring is 2. The Bertz CT molecular complexity index is 1480. The Morgan fingerprint density at radius 1 is 1.00 bits per heavy atom. The molecule has 0 spiro atoms. The van der Waals surface area contributed by atoms with Crippen LogP contribution in [0.3, 0.4) is 0 Å². The van der Waals surface area contributed by atoms with E-state index in [2.05, 4.69) is 98.9 Å². The van der Waals surface area contributed by atoms with Crippen LogP contribution in [0.15, 0.2) is 42.6 Å². The normalized spacial score (nSPS) is 13.1. The Morgan fingerprint density at radius 3 is 2.23 bits per heavy atom. The minimum absolute atomic E-state index is 0.0439. The average molecular weight is 794 g/mol. The van der Waals surface area contributed by atoms with Crippen LogP contribution in [0.4, 0.5) is 11.9 Å². The van der Waals surface area contributed by atoms with Gasteiger partial charge in [0, 0.05) is 18.8 Å². The number of amides is 1. The van der Waals surface area contributed by atoms with Crippen molar-refractivity contribution in [3.63, 3.8) is 0 Å². The van der Waals surface area contributed by atoms with Gasteiger partial charge in [-0.3, -0.25) is 4.79 Å². The van der Waals surface area contributed by atoms with Crippen LogP contribution >= 0.6 is 63.7 Å². The highest BCUT2D eigenvalue weighted by Crippen LogP contribution is 2.32. The molecule has 0 aliphatic heterocycles. The number of hydrogen-bond donors (Lipinski definition) is 8. The van der Waals surface area contributed by atoms with E-state index in [1.54, 1.807) is 24.3 Å². The van der Waals surface area contributed by atoms with E-state index in [1.807, 2.05) is 0 Å². The van der Waals surface area contributed by atoms with Crippen molar-refractivity contribution in [3.8, 4) is 0 Å². The quantitative estimate of drug-likeness (QED) is 0.110. The van der Waals surface area contributed by atoms with Crippen molar-refractivity contribution >= 4 is 93.6 Å². The molecule has 4 aromatic heterocycles. The number of carbonyl (C=O) groups excluding carboxylic acids is 2. The lowest BCUT2D eigenvalue weighted by molar-refractivity contribution is 0.0273. The van der Waals surface area contributed by atoms with E-state index in [4.69, 9.17) is 21.9 Å². The molecule has 11 N–H and O–H groups in total. The lowest BCUT2D eigenvalue weighted by Gasteiger charge is -2.25. The van der Waals surface area contributed by atoms with Gasteiger partial charge in [0.05, 0.1) is 41.7 Å². The zero-order valence-electron chi connectivity index (χ0n) is 19.8. The molecule has 0 unspecified atom stereocenters. The van der Waals surface area contributed by atoms with E-state index >= 15 is 0 Å². The van der Waals surface area contributed by atoms with E-state index < -0.39 is 18.0 Å². The first-order chi connectivity index (χ1) is 18.6. The van der Waals surface area contributed by atoms with Crippen molar-refractivity contribution in [2.75, 3.05) is 24.6 Å². The van der Waals surface area contributed by atoms with Gasteiger partial charge in [-0.25, -0.2) is 14.8 Å². The minimum atomic E-state index is -0.866. The number of hydrogen-bond acceptors (Lipinski definition) is 8. The highest BCUT2D eigenvalue weighted by Gasteiger charge is 2.33. The summed E-state index contributed by atoms with van der Waals surface area (Å²) >= 11 is 13.3. The molecule has 0 radical (unpaired) electrons. The van der Waals surface area contributed by atoms with E-state index in [1.165, 1.54) is 6.20 Å². The van der Waals surface area contributed by atoms with Crippen LogP contribution in [0.1, 0.15) is 44.0 Å². The van der Waals surface area contributed by atoms with Gasteiger partial charge in [0.25, 0.3) is 5.91 Å². The van der Waals surface area contributed by atoms with Crippen molar-refractivity contribution in [3.05, 3.63) is 71.0 Å². The maximum atomic E-state index is 12.9. The van der Waals surface area contributed by atoms with E-state index in [0.717, 1.165) is 4.47 Å². The van der Waals surface area contributed by atoms with Crippen LogP contribution in [0.5, 0.6) is 0 Å². The Morgan fingerprint density at radius 2 is 1.67 bits per heavy atom. The van der Waals surface area contributed by atoms with Gasteiger partial charge in [-0.2, -0.15) is 0 Å². The van der Waals surface area contributed by atoms with Crippen LogP contribution in [0.2, 0.25) is 0 Å². The summed E-state index contributed by atoms with van der Waals surface area (Å²) in [6.45, 7) is 0.157. The van der Waals surface area contributed by atoms with Gasteiger partial charge in [0.2, 0.25) is 0 Å². The molecule has 0 aliphatic carbocycles. The molecule has 39 heavy (non-hydrogen) atoms. The summed E-state index contributed by atoms with van der Waals surface area (Å²) in [5, 5.41) is 2.78. The first-order valence-electron chi connectivity index (χ1n) is 11.2. The largest absolute Gasteiger partial charge is 0.455 e. The number of anilines is 2. The number of ether oxygens (including phenoxy) is 1. The fourth-order valence-corrected chi connectivity index (χ4v) is 5.06. The van der Waals surface area contributed by atoms with Crippen molar-refractivity contribution in [2.24, 2.45) is 5.73 Å². The van der Waals surface area contributed by atoms with Crippen molar-refractivity contribution in [2.45, 2.75) is 12.0 Å². The monoisotopic (exact) mass is 790 g/mol. The maximum Gasteiger partial charge on any atom is 0.355 e. The van der Waals surface area contributed by atoms with Gasteiger partial charge in [-0.05, 0) is 81.9 Å². The molecular weight excluding hydrogens is 772 g/mol. The molecule has 4 aromatic rings. The van der Waals surface area contributed by atoms with Crippen LogP contribution in [0.25, 0.3) is 6.08 Å². The molecule has 13 nitrogen and oxygen atoms in total. The van der Waals surface area contributed by atoms with Gasteiger partial charge in [0.15, 0.2) is 11.9 Å². The molecule has 4 heterocycles. The summed E-state index contributed by atoms with van der Waals surface area (Å²) in [6, 6.07) is 3.25. The van der Waals surface area contributed by atoms with Gasteiger partial charge < -0.3 is 47.2 Å². The second kappa shape index (κ2) is 12.5. The molecule has 0 fully saturated rings.